The fourth-order valence-corrected chi connectivity index (χ4v) is 10.6. The van der Waals surface area contributed by atoms with Crippen LogP contribution in [0.5, 0.6) is 28.7 Å². The molecule has 0 aromatic heterocycles. The topological polar surface area (TPSA) is 329 Å². The smallest absolute Gasteiger partial charge is 0.417 e. The van der Waals surface area contributed by atoms with Gasteiger partial charge in [0, 0.05) is 45.4 Å². The number of ketones is 1. The molecule has 85 heavy (non-hydrogen) atoms. The first-order chi connectivity index (χ1) is 40.5. The number of Topliss-reactive ketones (excluding diaryl/α,β-unsaturated/α-hetero) is 1. The highest BCUT2D eigenvalue weighted by Crippen LogP contribution is 2.44. The van der Waals surface area contributed by atoms with Crippen molar-refractivity contribution < 1.29 is 107 Å². The van der Waals surface area contributed by atoms with Crippen LogP contribution in [-0.2, 0) is 35.1 Å². The second-order valence-corrected chi connectivity index (χ2v) is 22.1. The predicted octanol–water partition coefficient (Wildman–Crippen LogP) is 4.32. The molecule has 0 radical (unpaired) electrons. The van der Waals surface area contributed by atoms with Crippen molar-refractivity contribution in [1.82, 2.24) is 9.80 Å². The van der Waals surface area contributed by atoms with E-state index in [1.807, 2.05) is 0 Å². The Labute approximate surface area is 490 Å². The van der Waals surface area contributed by atoms with Crippen LogP contribution in [0.3, 0.4) is 0 Å². The molecule has 462 valence electrons. The van der Waals surface area contributed by atoms with Crippen molar-refractivity contribution in [2.45, 2.75) is 133 Å². The number of amides is 4. The molecule has 2 unspecified atom stereocenters. The Morgan fingerprint density at radius 2 is 1.20 bits per heavy atom. The van der Waals surface area contributed by atoms with E-state index < -0.39 is 103 Å². The number of carboxylic acids is 1. The number of benzene rings is 3. The predicted molar refractivity (Wildman–Crippen MR) is 299 cm³/mol. The minimum Gasteiger partial charge on any atom is -0.493 e. The first-order valence-electron chi connectivity index (χ1n) is 27.8. The lowest BCUT2D eigenvalue weighted by Crippen LogP contribution is -2.61. The molecule has 26 heteroatoms. The molecule has 6 N–H and O–H groups in total. The number of hydrogen-bond donors (Lipinski definition) is 6. The van der Waals surface area contributed by atoms with Crippen LogP contribution in [0.15, 0.2) is 66.8 Å². The van der Waals surface area contributed by atoms with E-state index in [0.717, 1.165) is 15.4 Å². The van der Waals surface area contributed by atoms with Gasteiger partial charge in [-0.3, -0.25) is 14.4 Å². The van der Waals surface area contributed by atoms with Gasteiger partial charge < -0.3 is 87.8 Å². The first-order valence-corrected chi connectivity index (χ1v) is 27.8. The van der Waals surface area contributed by atoms with Gasteiger partial charge >= 0.3 is 18.2 Å². The van der Waals surface area contributed by atoms with Crippen LogP contribution in [-0.4, -0.2) is 204 Å². The summed E-state index contributed by atoms with van der Waals surface area (Å²) in [5, 5.41) is 64.7. The minimum atomic E-state index is -2.00. The lowest BCUT2D eigenvalue weighted by atomic mass is 9.98. The molecule has 3 aromatic carbocycles. The number of nitrogens with zero attached hydrogens (tertiary/aromatic N) is 4. The normalized spacial score (nSPS) is 23.7. The van der Waals surface area contributed by atoms with Gasteiger partial charge in [0.25, 0.3) is 11.8 Å². The van der Waals surface area contributed by atoms with E-state index in [4.69, 9.17) is 47.4 Å². The summed E-state index contributed by atoms with van der Waals surface area (Å²) in [5.41, 5.74) is 0.679. The molecule has 0 bridgehead atoms. The van der Waals surface area contributed by atoms with Crippen LogP contribution >= 0.6 is 0 Å². The molecule has 8 rings (SSSR count). The summed E-state index contributed by atoms with van der Waals surface area (Å²) in [6.45, 7) is 14.0. The second-order valence-electron chi connectivity index (χ2n) is 22.1. The van der Waals surface area contributed by atoms with Crippen molar-refractivity contribution >= 4 is 47.1 Å². The maximum absolute atomic E-state index is 14.5. The van der Waals surface area contributed by atoms with Crippen molar-refractivity contribution in [3.63, 3.8) is 0 Å². The molecule has 5 aliphatic heterocycles. The Balaban J connectivity index is 0.968. The summed E-state index contributed by atoms with van der Waals surface area (Å²) in [7, 11) is 4.31. The monoisotopic (exact) mass is 1190 g/mol. The summed E-state index contributed by atoms with van der Waals surface area (Å²) >= 11 is 0. The number of carbonyl (C=O) groups excluding carboxylic acids is 5. The average molecular weight is 1190 g/mol. The number of hydrogen-bond acceptors (Lipinski definition) is 21. The van der Waals surface area contributed by atoms with Crippen LogP contribution in [0, 0.1) is 0 Å². The summed E-state index contributed by atoms with van der Waals surface area (Å²) in [6.07, 6.45) is -12.7. The third-order valence-electron chi connectivity index (χ3n) is 14.8. The number of rotatable bonds is 23. The van der Waals surface area contributed by atoms with Gasteiger partial charge in [-0.25, -0.2) is 24.2 Å². The summed E-state index contributed by atoms with van der Waals surface area (Å²) in [6, 6.07) is 8.11. The van der Waals surface area contributed by atoms with Crippen LogP contribution in [0.25, 0.3) is 0 Å². The molecule has 3 fully saturated rings. The Kier molecular flexibility index (Phi) is 20.3. The zero-order valence-corrected chi connectivity index (χ0v) is 48.3. The highest BCUT2D eigenvalue weighted by atomic mass is 16.7. The number of carbonyl (C=O) groups is 6. The fraction of sp³-hybridized carbons (Fsp3) is 0.525. The Morgan fingerprint density at radius 3 is 1.72 bits per heavy atom. The first kappa shape index (κ1) is 63.5. The average Bonchev–Trinajstić information content (AvgIpc) is 1.76. The van der Waals surface area contributed by atoms with Crippen molar-refractivity contribution in [3.8, 4) is 28.7 Å². The molecule has 0 spiro atoms. The van der Waals surface area contributed by atoms with Gasteiger partial charge in [-0.1, -0.05) is 30.4 Å². The Bertz CT molecular complexity index is 3020. The van der Waals surface area contributed by atoms with Gasteiger partial charge in [0.2, 0.25) is 6.29 Å². The Morgan fingerprint density at radius 1 is 0.647 bits per heavy atom. The van der Waals surface area contributed by atoms with Crippen LogP contribution < -0.4 is 33.5 Å². The number of unbranched alkanes of at least 4 members (excludes halogenated alkanes) is 2. The molecule has 3 aromatic rings. The van der Waals surface area contributed by atoms with E-state index in [2.05, 4.69) is 13.2 Å². The lowest BCUT2D eigenvalue weighted by Gasteiger charge is -2.38. The number of aliphatic carboxylic acids is 1. The van der Waals surface area contributed by atoms with Gasteiger partial charge in [-0.15, -0.1) is 0 Å². The molecular weight excluding hydrogens is 1120 g/mol. The number of anilines is 2. The summed E-state index contributed by atoms with van der Waals surface area (Å²) in [5.74, 6) is -2.59. The maximum atomic E-state index is 14.5. The minimum absolute atomic E-state index is 0.0161. The summed E-state index contributed by atoms with van der Waals surface area (Å²) in [4.78, 5) is 87.1. The zero-order valence-electron chi connectivity index (χ0n) is 48.3. The number of aliphatic hydroxyl groups excluding tert-OH is 5. The quantitative estimate of drug-likeness (QED) is 0.0437. The fourth-order valence-electron chi connectivity index (χ4n) is 10.6. The van der Waals surface area contributed by atoms with Gasteiger partial charge in [-0.2, -0.15) is 0 Å². The van der Waals surface area contributed by atoms with Crippen molar-refractivity contribution in [2.24, 2.45) is 0 Å². The van der Waals surface area contributed by atoms with E-state index in [1.165, 1.54) is 73.6 Å². The molecule has 0 aliphatic carbocycles. The lowest BCUT2D eigenvalue weighted by molar-refractivity contribution is -0.271. The van der Waals surface area contributed by atoms with Crippen LogP contribution in [0.4, 0.5) is 21.0 Å². The van der Waals surface area contributed by atoms with Gasteiger partial charge in [0.1, 0.15) is 36.3 Å². The molecular formula is C59H74N4O22. The number of aliphatic hydroxyl groups is 5. The third-order valence-corrected chi connectivity index (χ3v) is 14.8. The van der Waals surface area contributed by atoms with Crippen molar-refractivity contribution in [2.75, 3.05) is 77.3 Å². The van der Waals surface area contributed by atoms with Crippen LogP contribution in [0.2, 0.25) is 0 Å². The molecule has 4 amide bonds. The van der Waals surface area contributed by atoms with Crippen molar-refractivity contribution in [1.29, 1.82) is 0 Å². The zero-order chi connectivity index (χ0) is 61.6. The van der Waals surface area contributed by atoms with Crippen molar-refractivity contribution in [3.05, 3.63) is 89.0 Å². The van der Waals surface area contributed by atoms with E-state index in [9.17, 15) is 59.4 Å². The molecule has 3 saturated heterocycles. The van der Waals surface area contributed by atoms with Gasteiger partial charge in [-0.05, 0) is 89.1 Å². The SMILES string of the molecule is C=C1C[C@H]2C(O)N(C(=O)OCc3ccc(O[C@@H]4O[C@H](C(=O)O)[C@@H](O)[C@H](O)[C@H]4O)c(C(=O)CCCOCCOC)c3)c3cc(OCCCCCOc4cc5c(cc4OC)C(=O)N4CC(=C)C[C@H]4C(O)N5C(=O)OC(C)(C)C)c(OC)cc3C(=O)N2C1. The molecule has 5 aliphatic rings. The van der Waals surface area contributed by atoms with Gasteiger partial charge in [0.15, 0.2) is 47.3 Å². The molecule has 0 saturated carbocycles. The number of methoxy groups -OCH3 is 3. The molecule has 5 heterocycles. The van der Waals surface area contributed by atoms with Gasteiger partial charge in [0.05, 0.1) is 80.8 Å². The standard InChI is InChI=1S/C59H74N4O22/c1-31-21-39-53(70)62(57(74)82-30-33-14-15-42(36(23-33)41(64)13-12-16-79-20-19-76-6)83-56-49(67)47(65)48(66)50(84-56)55(72)73)37-26-45(43(77-7)24-34(37)51(68)60(39)28-31)80-17-10-9-11-18-81-46-27-38-35(25-44(46)78-8)52(69)61-29-32(2)22-40(61)54(71)63(38)58(75)85-59(3,4)5/h14-15,23-27,39-40,47-50,53-54,56,65-67,70-71H,1-2,9-13,16-22,28-30H2,3-8H3,(H,72,73)/t39-,40-,47-,48-,49+,50-,53?,54?,56+/m0/s1. The second kappa shape index (κ2) is 27.2. The highest BCUT2D eigenvalue weighted by Gasteiger charge is 2.50. The number of ether oxygens (including phenoxy) is 10. The van der Waals surface area contributed by atoms with E-state index in [-0.39, 0.29) is 128 Å². The highest BCUT2D eigenvalue weighted by molar-refractivity contribution is 6.07. The van der Waals surface area contributed by atoms with E-state index >= 15 is 0 Å². The maximum Gasteiger partial charge on any atom is 0.417 e. The van der Waals surface area contributed by atoms with Crippen LogP contribution in [0.1, 0.15) is 102 Å². The molecule has 26 nitrogen and oxygen atoms in total. The Hall–Kier alpha value is -7.56. The number of carboxylic acid groups (broad SMARTS) is 1. The summed E-state index contributed by atoms with van der Waals surface area (Å²) < 4.78 is 56.9. The van der Waals surface area contributed by atoms with E-state index in [0.29, 0.717) is 31.4 Å². The number of fused-ring (bicyclic) bond motifs is 4. The largest absolute Gasteiger partial charge is 0.493 e. The molecule has 9 atom stereocenters. The third kappa shape index (κ3) is 14.1. The van der Waals surface area contributed by atoms with E-state index in [1.54, 1.807) is 20.8 Å².